The number of aliphatic carboxylic acids is 1. The topological polar surface area (TPSA) is 107 Å². The van der Waals surface area contributed by atoms with Gasteiger partial charge in [-0.3, -0.25) is 19.3 Å². The van der Waals surface area contributed by atoms with E-state index in [2.05, 4.69) is 5.32 Å². The Balaban J connectivity index is 2.09. The number of carboxylic acid groups (broad SMARTS) is 1. The van der Waals surface area contributed by atoms with Gasteiger partial charge in [0.1, 0.15) is 16.1 Å². The molecule has 1 unspecified atom stereocenters. The average Bonchev–Trinajstić information content (AvgIpc) is 2.80. The summed E-state index contributed by atoms with van der Waals surface area (Å²) in [5.41, 5.74) is 0.638. The van der Waals surface area contributed by atoms with Crippen molar-refractivity contribution in [3.05, 3.63) is 34.7 Å². The predicted molar refractivity (Wildman–Crippen MR) is 97.8 cm³/mol. The number of phenols is 1. The molecule has 0 saturated carbocycles. The van der Waals surface area contributed by atoms with Crippen LogP contribution in [-0.2, 0) is 14.4 Å². The molecule has 0 bridgehead atoms. The van der Waals surface area contributed by atoms with Gasteiger partial charge in [0.05, 0.1) is 11.3 Å². The zero-order chi connectivity index (χ0) is 18.6. The van der Waals surface area contributed by atoms with E-state index in [1.165, 1.54) is 24.0 Å². The van der Waals surface area contributed by atoms with Crippen molar-refractivity contribution < 1.29 is 24.6 Å². The molecule has 2 amide bonds. The highest BCUT2D eigenvalue weighted by Gasteiger charge is 2.38. The van der Waals surface area contributed by atoms with Crippen LogP contribution in [0.15, 0.2) is 29.2 Å². The number of rotatable bonds is 6. The van der Waals surface area contributed by atoms with Crippen molar-refractivity contribution in [1.82, 2.24) is 10.2 Å². The van der Waals surface area contributed by atoms with Gasteiger partial charge in [-0.05, 0) is 30.7 Å². The highest BCUT2D eigenvalue weighted by atomic mass is 32.2. The number of thiocarbonyl (C=S) groups is 1. The van der Waals surface area contributed by atoms with E-state index in [0.717, 1.165) is 11.8 Å². The molecule has 1 aromatic rings. The predicted octanol–water partition coefficient (Wildman–Crippen LogP) is 1.57. The normalized spacial score (nSPS) is 17.0. The Morgan fingerprint density at radius 3 is 2.80 bits per heavy atom. The summed E-state index contributed by atoms with van der Waals surface area (Å²) < 4.78 is 0.247. The number of aromatic hydroxyl groups is 1. The molecule has 1 aromatic carbocycles. The molecular weight excluding hydrogens is 364 g/mol. The number of hydrogen-bond acceptors (Lipinski definition) is 6. The number of hydrogen-bond donors (Lipinski definition) is 3. The van der Waals surface area contributed by atoms with Crippen molar-refractivity contribution in [3.63, 3.8) is 0 Å². The van der Waals surface area contributed by atoms with Crippen LogP contribution in [-0.4, -0.2) is 49.8 Å². The van der Waals surface area contributed by atoms with Crippen molar-refractivity contribution in [1.29, 1.82) is 0 Å². The Hall–Kier alpha value is -2.39. The molecule has 7 nitrogen and oxygen atoms in total. The standard InChI is InChI=1S/C16H16N2O5S2/c1-9(14(22)17-6-5-13(20)21)18-15(23)12(25-16(18)24)8-10-3-2-4-11(19)7-10/h2-4,7-9,19H,5-6H2,1H3,(H,17,22)(H,20,21)/b12-8-. The molecule has 1 aliphatic heterocycles. The lowest BCUT2D eigenvalue weighted by atomic mass is 10.2. The summed E-state index contributed by atoms with van der Waals surface area (Å²) >= 11 is 6.26. The number of phenolic OH excluding ortho intramolecular Hbond substituents is 1. The Labute approximate surface area is 153 Å². The van der Waals surface area contributed by atoms with Gasteiger partial charge in [-0.1, -0.05) is 36.1 Å². The number of nitrogens with one attached hydrogen (secondary N) is 1. The first kappa shape index (κ1) is 18.9. The third-order valence-electron chi connectivity index (χ3n) is 3.40. The van der Waals surface area contributed by atoms with Crippen molar-refractivity contribution in [2.75, 3.05) is 6.54 Å². The number of benzene rings is 1. The molecule has 0 spiro atoms. The molecule has 25 heavy (non-hydrogen) atoms. The molecular formula is C16H16N2O5S2. The van der Waals surface area contributed by atoms with Crippen LogP contribution in [0.3, 0.4) is 0 Å². The molecule has 1 heterocycles. The minimum atomic E-state index is -1.02. The van der Waals surface area contributed by atoms with Crippen molar-refractivity contribution >= 4 is 52.2 Å². The van der Waals surface area contributed by atoms with E-state index in [0.29, 0.717) is 10.5 Å². The smallest absolute Gasteiger partial charge is 0.305 e. The van der Waals surface area contributed by atoms with E-state index < -0.39 is 23.8 Å². The van der Waals surface area contributed by atoms with Gasteiger partial charge in [0.2, 0.25) is 5.91 Å². The van der Waals surface area contributed by atoms with Crippen molar-refractivity contribution in [3.8, 4) is 5.75 Å². The largest absolute Gasteiger partial charge is 0.508 e. The Bertz CT molecular complexity index is 763. The Morgan fingerprint density at radius 2 is 2.16 bits per heavy atom. The summed E-state index contributed by atoms with van der Waals surface area (Å²) in [4.78, 5) is 36.7. The van der Waals surface area contributed by atoms with E-state index in [1.54, 1.807) is 18.2 Å². The summed E-state index contributed by atoms with van der Waals surface area (Å²) in [7, 11) is 0. The third-order valence-corrected chi connectivity index (χ3v) is 4.73. The maximum absolute atomic E-state index is 12.5. The summed E-state index contributed by atoms with van der Waals surface area (Å²) in [6, 6.07) is 5.56. The number of nitrogens with zero attached hydrogens (tertiary/aromatic N) is 1. The van der Waals surface area contributed by atoms with Gasteiger partial charge in [0.15, 0.2) is 0 Å². The molecule has 9 heteroatoms. The van der Waals surface area contributed by atoms with Crippen LogP contribution in [0.5, 0.6) is 5.75 Å². The lowest BCUT2D eigenvalue weighted by molar-refractivity contribution is -0.137. The van der Waals surface area contributed by atoms with Crippen LogP contribution in [0, 0.1) is 0 Å². The monoisotopic (exact) mass is 380 g/mol. The number of carbonyl (C=O) groups is 3. The molecule has 0 radical (unpaired) electrons. The zero-order valence-electron chi connectivity index (χ0n) is 13.3. The quantitative estimate of drug-likeness (QED) is 0.508. The fraction of sp³-hybridized carbons (Fsp3) is 0.250. The van der Waals surface area contributed by atoms with Gasteiger partial charge >= 0.3 is 5.97 Å². The highest BCUT2D eigenvalue weighted by molar-refractivity contribution is 8.26. The van der Waals surface area contributed by atoms with Gasteiger partial charge in [-0.15, -0.1) is 0 Å². The van der Waals surface area contributed by atoms with Crippen LogP contribution >= 0.6 is 24.0 Å². The lowest BCUT2D eigenvalue weighted by Crippen LogP contribution is -2.47. The second kappa shape index (κ2) is 8.13. The average molecular weight is 380 g/mol. The summed E-state index contributed by atoms with van der Waals surface area (Å²) in [5.74, 6) is -1.82. The number of amides is 2. The molecule has 2 rings (SSSR count). The third kappa shape index (κ3) is 4.80. The van der Waals surface area contributed by atoms with Crippen molar-refractivity contribution in [2.24, 2.45) is 0 Å². The van der Waals surface area contributed by atoms with E-state index >= 15 is 0 Å². The number of carbonyl (C=O) groups excluding carboxylic acids is 2. The second-order valence-corrected chi connectivity index (χ2v) is 6.93. The summed E-state index contributed by atoms with van der Waals surface area (Å²) in [5, 5.41) is 20.5. The maximum atomic E-state index is 12.5. The molecule has 3 N–H and O–H groups in total. The molecule has 1 atom stereocenters. The maximum Gasteiger partial charge on any atom is 0.305 e. The van der Waals surface area contributed by atoms with Crippen LogP contribution in [0.4, 0.5) is 0 Å². The zero-order valence-corrected chi connectivity index (χ0v) is 14.9. The van der Waals surface area contributed by atoms with Crippen LogP contribution < -0.4 is 5.32 Å². The van der Waals surface area contributed by atoms with Gasteiger partial charge in [-0.25, -0.2) is 0 Å². The first-order chi connectivity index (χ1) is 11.8. The van der Waals surface area contributed by atoms with E-state index in [4.69, 9.17) is 17.3 Å². The lowest BCUT2D eigenvalue weighted by Gasteiger charge is -2.22. The first-order valence-electron chi connectivity index (χ1n) is 7.35. The van der Waals surface area contributed by atoms with Gasteiger partial charge < -0.3 is 15.5 Å². The summed E-state index contributed by atoms with van der Waals surface area (Å²) in [6.07, 6.45) is 1.39. The number of carboxylic acids is 1. The van der Waals surface area contributed by atoms with Crippen molar-refractivity contribution in [2.45, 2.75) is 19.4 Å². The molecule has 1 fully saturated rings. The fourth-order valence-electron chi connectivity index (χ4n) is 2.14. The van der Waals surface area contributed by atoms with E-state index in [9.17, 15) is 19.5 Å². The van der Waals surface area contributed by atoms with Crippen LogP contribution in [0.2, 0.25) is 0 Å². The van der Waals surface area contributed by atoms with E-state index in [-0.39, 0.29) is 23.0 Å². The Kier molecular flexibility index (Phi) is 6.16. The highest BCUT2D eigenvalue weighted by Crippen LogP contribution is 2.34. The van der Waals surface area contributed by atoms with Gasteiger partial charge in [0.25, 0.3) is 5.91 Å². The molecule has 0 aliphatic carbocycles. The SMILES string of the molecule is CC(C(=O)NCCC(=O)O)N1C(=O)/C(=C/c2cccc(O)c2)SC1=S. The molecule has 0 aromatic heterocycles. The molecule has 1 saturated heterocycles. The number of thioether (sulfide) groups is 1. The Morgan fingerprint density at radius 1 is 1.44 bits per heavy atom. The molecule has 1 aliphatic rings. The van der Waals surface area contributed by atoms with Crippen LogP contribution in [0.25, 0.3) is 6.08 Å². The minimum absolute atomic E-state index is 0.0214. The second-order valence-electron chi connectivity index (χ2n) is 5.26. The van der Waals surface area contributed by atoms with E-state index in [1.807, 2.05) is 0 Å². The minimum Gasteiger partial charge on any atom is -0.508 e. The first-order valence-corrected chi connectivity index (χ1v) is 8.57. The van der Waals surface area contributed by atoms with Gasteiger partial charge in [0, 0.05) is 6.54 Å². The molecule has 132 valence electrons. The van der Waals surface area contributed by atoms with Gasteiger partial charge in [-0.2, -0.15) is 0 Å². The van der Waals surface area contributed by atoms with Crippen LogP contribution in [0.1, 0.15) is 18.9 Å². The fourth-order valence-corrected chi connectivity index (χ4v) is 3.56. The summed E-state index contributed by atoms with van der Waals surface area (Å²) in [6.45, 7) is 1.50.